The molecule has 0 radical (unpaired) electrons. The SMILES string of the molecule is Cc1nccn1-c1cc(N2CCN(C(=O)c3cncc(Br)c3)CC2)ncn1. The minimum atomic E-state index is 0.000803. The molecule has 3 aromatic heterocycles. The Hall–Kier alpha value is -2.81. The second-order valence-corrected chi connectivity index (χ2v) is 7.17. The summed E-state index contributed by atoms with van der Waals surface area (Å²) in [5.41, 5.74) is 0.595. The summed E-state index contributed by atoms with van der Waals surface area (Å²) in [5, 5.41) is 0. The summed E-state index contributed by atoms with van der Waals surface area (Å²) in [7, 11) is 0. The maximum Gasteiger partial charge on any atom is 0.255 e. The zero-order valence-corrected chi connectivity index (χ0v) is 16.4. The van der Waals surface area contributed by atoms with Gasteiger partial charge in [-0.25, -0.2) is 15.0 Å². The van der Waals surface area contributed by atoms with E-state index < -0.39 is 0 Å². The van der Waals surface area contributed by atoms with Gasteiger partial charge in [0.2, 0.25) is 0 Å². The molecule has 0 saturated carbocycles. The highest BCUT2D eigenvalue weighted by atomic mass is 79.9. The van der Waals surface area contributed by atoms with E-state index in [1.165, 1.54) is 0 Å². The van der Waals surface area contributed by atoms with Gasteiger partial charge in [0.25, 0.3) is 5.91 Å². The van der Waals surface area contributed by atoms with Crippen LogP contribution < -0.4 is 4.90 Å². The maximum absolute atomic E-state index is 12.7. The zero-order chi connectivity index (χ0) is 18.8. The molecule has 0 atom stereocenters. The number of imidazole rings is 1. The molecule has 9 heteroatoms. The fourth-order valence-electron chi connectivity index (χ4n) is 3.11. The molecule has 1 saturated heterocycles. The number of pyridine rings is 1. The van der Waals surface area contributed by atoms with Crippen LogP contribution in [0.15, 0.2) is 47.7 Å². The van der Waals surface area contributed by atoms with Crippen LogP contribution in [0.2, 0.25) is 0 Å². The lowest BCUT2D eigenvalue weighted by atomic mass is 10.2. The number of halogens is 1. The first-order chi connectivity index (χ1) is 13.1. The Kier molecular flexibility index (Phi) is 4.85. The van der Waals surface area contributed by atoms with Gasteiger partial charge in [-0.05, 0) is 28.9 Å². The van der Waals surface area contributed by atoms with Crippen LogP contribution in [-0.4, -0.2) is 61.5 Å². The van der Waals surface area contributed by atoms with Gasteiger partial charge in [-0.2, -0.15) is 0 Å². The van der Waals surface area contributed by atoms with E-state index in [-0.39, 0.29) is 5.91 Å². The summed E-state index contributed by atoms with van der Waals surface area (Å²) in [6.07, 6.45) is 8.46. The van der Waals surface area contributed by atoms with Crippen molar-refractivity contribution < 1.29 is 4.79 Å². The molecule has 1 amide bonds. The highest BCUT2D eigenvalue weighted by Crippen LogP contribution is 2.18. The average Bonchev–Trinajstić information content (AvgIpc) is 3.13. The molecule has 0 unspecified atom stereocenters. The number of amides is 1. The molecule has 1 aliphatic rings. The van der Waals surface area contributed by atoms with Crippen molar-refractivity contribution in [3.8, 4) is 5.82 Å². The quantitative estimate of drug-likeness (QED) is 0.636. The van der Waals surface area contributed by atoms with Crippen LogP contribution in [0.5, 0.6) is 0 Å². The largest absolute Gasteiger partial charge is 0.353 e. The summed E-state index contributed by atoms with van der Waals surface area (Å²) < 4.78 is 2.72. The number of carbonyl (C=O) groups excluding carboxylic acids is 1. The summed E-state index contributed by atoms with van der Waals surface area (Å²) in [5.74, 6) is 2.51. The van der Waals surface area contributed by atoms with Gasteiger partial charge in [-0.1, -0.05) is 0 Å². The van der Waals surface area contributed by atoms with Gasteiger partial charge in [0.1, 0.15) is 23.8 Å². The van der Waals surface area contributed by atoms with Crippen molar-refractivity contribution in [3.05, 3.63) is 59.1 Å². The Labute approximate surface area is 165 Å². The van der Waals surface area contributed by atoms with Crippen molar-refractivity contribution in [1.29, 1.82) is 0 Å². The topological polar surface area (TPSA) is 80.0 Å². The third-order valence-electron chi connectivity index (χ3n) is 4.55. The van der Waals surface area contributed by atoms with Crippen LogP contribution in [0.25, 0.3) is 5.82 Å². The molecule has 27 heavy (non-hydrogen) atoms. The van der Waals surface area contributed by atoms with Crippen LogP contribution in [-0.2, 0) is 0 Å². The lowest BCUT2D eigenvalue weighted by molar-refractivity contribution is 0.0746. The van der Waals surface area contributed by atoms with Crippen molar-refractivity contribution in [3.63, 3.8) is 0 Å². The Morgan fingerprint density at radius 3 is 2.52 bits per heavy atom. The van der Waals surface area contributed by atoms with E-state index in [9.17, 15) is 4.79 Å². The van der Waals surface area contributed by atoms with E-state index in [0.717, 1.165) is 21.9 Å². The number of anilines is 1. The standard InChI is InChI=1S/C18H18BrN7O/c1-13-21-2-3-26(13)17-9-16(22-12-23-17)24-4-6-25(7-5-24)18(27)14-8-15(19)11-20-10-14/h2-3,8-12H,4-7H2,1H3. The van der Waals surface area contributed by atoms with Crippen LogP contribution in [0, 0.1) is 6.92 Å². The summed E-state index contributed by atoms with van der Waals surface area (Å²) in [6.45, 7) is 4.63. The van der Waals surface area contributed by atoms with Gasteiger partial charge in [0.05, 0.1) is 5.56 Å². The Bertz CT molecular complexity index is 966. The number of piperazine rings is 1. The van der Waals surface area contributed by atoms with E-state index in [4.69, 9.17) is 0 Å². The second-order valence-electron chi connectivity index (χ2n) is 6.25. The molecule has 1 fully saturated rings. The second kappa shape index (κ2) is 7.43. The molecule has 4 rings (SSSR count). The molecular weight excluding hydrogens is 410 g/mol. The normalized spacial score (nSPS) is 14.4. The van der Waals surface area contributed by atoms with E-state index >= 15 is 0 Å². The molecule has 0 aromatic carbocycles. The molecule has 0 spiro atoms. The van der Waals surface area contributed by atoms with Crippen LogP contribution >= 0.6 is 15.9 Å². The molecule has 0 N–H and O–H groups in total. The van der Waals surface area contributed by atoms with Crippen molar-refractivity contribution in [2.45, 2.75) is 6.92 Å². The third-order valence-corrected chi connectivity index (χ3v) is 4.99. The Balaban J connectivity index is 1.45. The smallest absolute Gasteiger partial charge is 0.255 e. The Morgan fingerprint density at radius 2 is 1.81 bits per heavy atom. The van der Waals surface area contributed by atoms with E-state index in [0.29, 0.717) is 31.7 Å². The molecular formula is C18H18BrN7O. The lowest BCUT2D eigenvalue weighted by Crippen LogP contribution is -2.49. The predicted molar refractivity (Wildman–Crippen MR) is 104 cm³/mol. The zero-order valence-electron chi connectivity index (χ0n) is 14.8. The highest BCUT2D eigenvalue weighted by Gasteiger charge is 2.23. The minimum Gasteiger partial charge on any atom is -0.353 e. The fraction of sp³-hybridized carbons (Fsp3) is 0.278. The molecule has 4 heterocycles. The van der Waals surface area contributed by atoms with Gasteiger partial charge < -0.3 is 9.80 Å². The summed E-state index contributed by atoms with van der Waals surface area (Å²) >= 11 is 3.36. The Morgan fingerprint density at radius 1 is 1.04 bits per heavy atom. The minimum absolute atomic E-state index is 0.000803. The van der Waals surface area contributed by atoms with Crippen molar-refractivity contribution in [2.75, 3.05) is 31.1 Å². The molecule has 1 aliphatic heterocycles. The predicted octanol–water partition coefficient (Wildman–Crippen LogP) is 2.09. The van der Waals surface area contributed by atoms with E-state index in [1.54, 1.807) is 31.0 Å². The number of aryl methyl sites for hydroxylation is 1. The first-order valence-electron chi connectivity index (χ1n) is 8.59. The molecule has 0 aliphatic carbocycles. The fourth-order valence-corrected chi connectivity index (χ4v) is 3.48. The monoisotopic (exact) mass is 427 g/mol. The number of rotatable bonds is 3. The van der Waals surface area contributed by atoms with Gasteiger partial charge in [0, 0.05) is 61.5 Å². The van der Waals surface area contributed by atoms with Gasteiger partial charge in [0.15, 0.2) is 0 Å². The van der Waals surface area contributed by atoms with Crippen LogP contribution in [0.1, 0.15) is 16.2 Å². The number of hydrogen-bond donors (Lipinski definition) is 0. The molecule has 8 nitrogen and oxygen atoms in total. The van der Waals surface area contributed by atoms with Crippen LogP contribution in [0.3, 0.4) is 0 Å². The summed E-state index contributed by atoms with van der Waals surface area (Å²) in [4.78, 5) is 33.7. The average molecular weight is 428 g/mol. The number of carbonyl (C=O) groups is 1. The third kappa shape index (κ3) is 3.68. The van der Waals surface area contributed by atoms with Gasteiger partial charge in [-0.15, -0.1) is 0 Å². The maximum atomic E-state index is 12.7. The number of aromatic nitrogens is 5. The number of hydrogen-bond acceptors (Lipinski definition) is 6. The molecule has 3 aromatic rings. The number of nitrogens with zero attached hydrogens (tertiary/aromatic N) is 7. The molecule has 138 valence electrons. The first kappa shape index (κ1) is 17.6. The van der Waals surface area contributed by atoms with E-state index in [1.807, 2.05) is 28.7 Å². The first-order valence-corrected chi connectivity index (χ1v) is 9.38. The van der Waals surface area contributed by atoms with Crippen LogP contribution in [0.4, 0.5) is 5.82 Å². The van der Waals surface area contributed by atoms with Crippen molar-refractivity contribution >= 4 is 27.7 Å². The lowest BCUT2D eigenvalue weighted by Gasteiger charge is -2.35. The van der Waals surface area contributed by atoms with E-state index in [2.05, 4.69) is 40.8 Å². The summed E-state index contributed by atoms with van der Waals surface area (Å²) in [6, 6.07) is 3.75. The highest BCUT2D eigenvalue weighted by molar-refractivity contribution is 9.10. The van der Waals surface area contributed by atoms with Crippen molar-refractivity contribution in [1.82, 2.24) is 29.4 Å². The van der Waals surface area contributed by atoms with Crippen molar-refractivity contribution in [2.24, 2.45) is 0 Å². The van der Waals surface area contributed by atoms with Gasteiger partial charge in [-0.3, -0.25) is 14.3 Å². The van der Waals surface area contributed by atoms with Gasteiger partial charge >= 0.3 is 0 Å². The molecule has 0 bridgehead atoms.